The number of likely N-dealkylation sites (N-methyl/N-ethyl adjacent to an activating group) is 1. The zero-order chi connectivity index (χ0) is 25.9. The van der Waals surface area contributed by atoms with Crippen LogP contribution in [0.15, 0.2) is 30.3 Å². The van der Waals surface area contributed by atoms with E-state index in [0.717, 1.165) is 49.0 Å². The van der Waals surface area contributed by atoms with E-state index in [4.69, 9.17) is 19.6 Å². The summed E-state index contributed by atoms with van der Waals surface area (Å²) in [5.74, 6) is 0.165. The van der Waals surface area contributed by atoms with Crippen LogP contribution >= 0.6 is 0 Å². The first kappa shape index (κ1) is 25.7. The molecule has 198 valence electrons. The van der Waals surface area contributed by atoms with Crippen molar-refractivity contribution in [2.24, 2.45) is 0 Å². The number of nitrogens with one attached hydrogen (secondary N) is 1. The van der Waals surface area contributed by atoms with Gasteiger partial charge in [0.05, 0.1) is 24.1 Å². The average Bonchev–Trinajstić information content (AvgIpc) is 3.24. The third-order valence-electron chi connectivity index (χ3n) is 7.42. The Kier molecular flexibility index (Phi) is 7.76. The Morgan fingerprint density at radius 1 is 1.14 bits per heavy atom. The van der Waals surface area contributed by atoms with E-state index in [1.807, 2.05) is 38.6 Å². The molecule has 2 aromatic heterocycles. The molecule has 1 N–H and O–H groups in total. The fraction of sp³-hybridized carbons (Fsp3) is 0.552. The first-order valence-corrected chi connectivity index (χ1v) is 13.7. The molecule has 0 unspecified atom stereocenters. The molecule has 0 spiro atoms. The highest BCUT2D eigenvalue weighted by Gasteiger charge is 2.28. The van der Waals surface area contributed by atoms with Crippen molar-refractivity contribution in [2.75, 3.05) is 26.7 Å². The smallest absolute Gasteiger partial charge is 0.357 e. The Morgan fingerprint density at radius 3 is 2.51 bits per heavy atom. The number of hydrogen-bond donors (Lipinski definition) is 1. The number of nitrogens with zero attached hydrogens (tertiary/aromatic N) is 4. The number of benzene rings is 1. The number of rotatable bonds is 9. The van der Waals surface area contributed by atoms with Crippen LogP contribution in [0.5, 0.6) is 5.88 Å². The second kappa shape index (κ2) is 11.2. The molecule has 0 atom stereocenters. The van der Waals surface area contributed by atoms with E-state index in [0.29, 0.717) is 29.9 Å². The lowest BCUT2D eigenvalue weighted by Crippen LogP contribution is -2.56. The zero-order valence-corrected chi connectivity index (χ0v) is 22.5. The predicted molar refractivity (Wildman–Crippen MR) is 145 cm³/mol. The van der Waals surface area contributed by atoms with Crippen LogP contribution in [0.1, 0.15) is 75.0 Å². The lowest BCUT2D eigenvalue weighted by atomic mass is 9.95. The van der Waals surface area contributed by atoms with Gasteiger partial charge in [-0.05, 0) is 57.9 Å². The van der Waals surface area contributed by atoms with Crippen molar-refractivity contribution in [1.82, 2.24) is 25.0 Å². The molecule has 1 aliphatic carbocycles. The summed E-state index contributed by atoms with van der Waals surface area (Å²) in [7, 11) is 2.02. The summed E-state index contributed by atoms with van der Waals surface area (Å²) >= 11 is 0. The molecule has 0 amide bonds. The number of pyridine rings is 1. The normalized spacial score (nSPS) is 17.3. The van der Waals surface area contributed by atoms with Crippen LogP contribution in [0.3, 0.4) is 0 Å². The molecule has 8 heteroatoms. The second-order valence-corrected chi connectivity index (χ2v) is 10.6. The molecule has 5 rings (SSSR count). The van der Waals surface area contributed by atoms with Crippen LogP contribution in [-0.2, 0) is 11.3 Å². The van der Waals surface area contributed by atoms with Crippen molar-refractivity contribution in [3.63, 3.8) is 0 Å². The molecule has 1 saturated heterocycles. The minimum Gasteiger partial charge on any atom is -0.473 e. The molecule has 0 radical (unpaired) electrons. The lowest BCUT2D eigenvalue weighted by Gasteiger charge is -2.39. The average molecular weight is 506 g/mol. The van der Waals surface area contributed by atoms with Gasteiger partial charge in [-0.25, -0.2) is 14.5 Å². The first-order valence-electron chi connectivity index (χ1n) is 13.7. The van der Waals surface area contributed by atoms with Gasteiger partial charge in [-0.1, -0.05) is 43.5 Å². The van der Waals surface area contributed by atoms with Crippen LogP contribution in [0.4, 0.5) is 0 Å². The van der Waals surface area contributed by atoms with Crippen molar-refractivity contribution in [3.8, 4) is 17.0 Å². The maximum Gasteiger partial charge on any atom is 0.357 e. The van der Waals surface area contributed by atoms with E-state index in [2.05, 4.69) is 34.5 Å². The minimum absolute atomic E-state index is 0.0316. The quantitative estimate of drug-likeness (QED) is 0.411. The summed E-state index contributed by atoms with van der Waals surface area (Å²) in [6.07, 6.45) is 5.67. The fourth-order valence-corrected chi connectivity index (χ4v) is 5.46. The van der Waals surface area contributed by atoms with Gasteiger partial charge in [0.1, 0.15) is 0 Å². The molecule has 1 aromatic carbocycles. The van der Waals surface area contributed by atoms with Crippen LogP contribution in [0.2, 0.25) is 0 Å². The lowest BCUT2D eigenvalue weighted by molar-refractivity contribution is 0.0520. The van der Waals surface area contributed by atoms with E-state index in [-0.39, 0.29) is 12.1 Å². The molecule has 3 heterocycles. The number of hydrogen-bond acceptors (Lipinski definition) is 7. The Balaban J connectivity index is 1.58. The molecular formula is C29H39N5O3. The third kappa shape index (κ3) is 5.50. The van der Waals surface area contributed by atoms with Gasteiger partial charge in [0, 0.05) is 31.2 Å². The molecule has 3 aromatic rings. The molecule has 8 nitrogen and oxygen atoms in total. The van der Waals surface area contributed by atoms with E-state index in [1.165, 1.54) is 24.8 Å². The molecule has 37 heavy (non-hydrogen) atoms. The number of likely N-dealkylation sites (tertiary alicyclic amines) is 1. The Hall–Kier alpha value is -2.97. The zero-order valence-electron chi connectivity index (χ0n) is 22.5. The van der Waals surface area contributed by atoms with Gasteiger partial charge in [-0.3, -0.25) is 4.90 Å². The number of carbonyl (C=O) groups excluding carboxylic acids is 1. The van der Waals surface area contributed by atoms with Crippen molar-refractivity contribution in [3.05, 3.63) is 41.6 Å². The Morgan fingerprint density at radius 2 is 1.86 bits per heavy atom. The van der Waals surface area contributed by atoms with Gasteiger partial charge in [0.25, 0.3) is 0 Å². The van der Waals surface area contributed by atoms with E-state index >= 15 is 0 Å². The summed E-state index contributed by atoms with van der Waals surface area (Å²) in [4.78, 5) is 20.1. The Bertz CT molecular complexity index is 1220. The predicted octanol–water partition coefficient (Wildman–Crippen LogP) is 4.97. The van der Waals surface area contributed by atoms with Gasteiger partial charge in [0.2, 0.25) is 5.88 Å². The fourth-order valence-electron chi connectivity index (χ4n) is 5.46. The molecule has 1 saturated carbocycles. The summed E-state index contributed by atoms with van der Waals surface area (Å²) in [6.45, 7) is 9.21. The number of ether oxygens (including phenoxy) is 2. The largest absolute Gasteiger partial charge is 0.473 e. The summed E-state index contributed by atoms with van der Waals surface area (Å²) in [5, 5.41) is 9.13. The van der Waals surface area contributed by atoms with Gasteiger partial charge < -0.3 is 14.8 Å². The maximum absolute atomic E-state index is 12.9. The van der Waals surface area contributed by atoms with E-state index in [1.54, 1.807) is 0 Å². The van der Waals surface area contributed by atoms with Crippen molar-refractivity contribution < 1.29 is 14.3 Å². The Labute approximate surface area is 219 Å². The van der Waals surface area contributed by atoms with Gasteiger partial charge in [-0.2, -0.15) is 0 Å². The van der Waals surface area contributed by atoms with Crippen LogP contribution in [0.25, 0.3) is 22.2 Å². The topological polar surface area (TPSA) is 81.5 Å². The number of carbonyl (C=O) groups is 1. The van der Waals surface area contributed by atoms with Crippen molar-refractivity contribution >= 4 is 17.0 Å². The summed E-state index contributed by atoms with van der Waals surface area (Å²) in [6, 6.07) is 11.3. The standard InChI is InChI=1S/C29H39N5O3/c1-5-36-29(35)25-15-24(21-13-11-20(12-14-21)16-33-17-22(18-33)30-4)26-27(31-25)34(23-9-7-6-8-10-23)32-28(26)37-19(2)3/h11-15,19,22-23,30H,5-10,16-18H2,1-4H3. The second-order valence-electron chi connectivity index (χ2n) is 10.6. The van der Waals surface area contributed by atoms with E-state index in [9.17, 15) is 4.79 Å². The van der Waals surface area contributed by atoms with Crippen molar-refractivity contribution in [2.45, 2.75) is 77.6 Å². The highest BCUT2D eigenvalue weighted by molar-refractivity contribution is 6.01. The molecule has 0 bridgehead atoms. The molecular weight excluding hydrogens is 466 g/mol. The number of esters is 1. The maximum atomic E-state index is 12.9. The van der Waals surface area contributed by atoms with Crippen LogP contribution in [0, 0.1) is 0 Å². The van der Waals surface area contributed by atoms with Gasteiger partial charge >= 0.3 is 5.97 Å². The third-order valence-corrected chi connectivity index (χ3v) is 7.42. The highest BCUT2D eigenvalue weighted by Crippen LogP contribution is 2.39. The monoisotopic (exact) mass is 505 g/mol. The summed E-state index contributed by atoms with van der Waals surface area (Å²) < 4.78 is 13.6. The summed E-state index contributed by atoms with van der Waals surface area (Å²) in [5.41, 5.74) is 4.18. The van der Waals surface area contributed by atoms with E-state index < -0.39 is 5.97 Å². The molecule has 1 aliphatic heterocycles. The molecule has 2 fully saturated rings. The minimum atomic E-state index is -0.415. The highest BCUT2D eigenvalue weighted by atomic mass is 16.5. The van der Waals surface area contributed by atoms with Gasteiger partial charge in [0.15, 0.2) is 11.3 Å². The number of aromatic nitrogens is 3. The molecule has 2 aliphatic rings. The SMILES string of the molecule is CCOC(=O)c1cc(-c2ccc(CN3CC(NC)C3)cc2)c2c(OC(C)C)nn(C3CCCCC3)c2n1. The first-order chi connectivity index (χ1) is 18.0. The number of fused-ring (bicyclic) bond motifs is 1. The van der Waals surface area contributed by atoms with Crippen molar-refractivity contribution in [1.29, 1.82) is 0 Å². The van der Waals surface area contributed by atoms with Gasteiger partial charge in [-0.15, -0.1) is 5.10 Å². The van der Waals surface area contributed by atoms with Crippen LogP contribution in [-0.4, -0.2) is 64.5 Å². The van der Waals surface area contributed by atoms with Crippen LogP contribution < -0.4 is 10.1 Å².